The Morgan fingerprint density at radius 2 is 2.30 bits per heavy atom. The van der Waals surface area contributed by atoms with Gasteiger partial charge in [-0.3, -0.25) is 4.68 Å². The largest absolute Gasteiger partial charge is 0.465 e. The van der Waals surface area contributed by atoms with Crippen molar-refractivity contribution in [2.24, 2.45) is 0 Å². The fraction of sp³-hybridized carbons (Fsp3) is 0.400. The summed E-state index contributed by atoms with van der Waals surface area (Å²) in [7, 11) is 1.40. The minimum absolute atomic E-state index is 0.315. The number of aryl methyl sites for hydroxylation is 2. The highest BCUT2D eigenvalue weighted by molar-refractivity contribution is 7.80. The molecular formula is C15H18N4O2S2. The number of thiocarbonyl (C=S) groups is 1. The van der Waals surface area contributed by atoms with Crippen LogP contribution in [-0.2, 0) is 24.1 Å². The molecule has 0 atom stereocenters. The van der Waals surface area contributed by atoms with E-state index >= 15 is 0 Å². The monoisotopic (exact) mass is 350 g/mol. The van der Waals surface area contributed by atoms with Crippen LogP contribution in [0.3, 0.4) is 0 Å². The molecule has 0 aliphatic heterocycles. The van der Waals surface area contributed by atoms with E-state index in [4.69, 9.17) is 17.0 Å². The first kappa shape index (κ1) is 15.9. The summed E-state index contributed by atoms with van der Waals surface area (Å²) in [4.78, 5) is 13.3. The normalized spacial score (nSPS) is 12.8. The molecule has 2 aromatic rings. The van der Waals surface area contributed by atoms with Crippen molar-refractivity contribution in [3.05, 3.63) is 28.3 Å². The van der Waals surface area contributed by atoms with Crippen LogP contribution >= 0.6 is 23.6 Å². The average Bonchev–Trinajstić information content (AvgIpc) is 3.22. The highest BCUT2D eigenvalue weighted by Gasteiger charge is 2.27. The molecule has 2 N–H and O–H groups in total. The van der Waals surface area contributed by atoms with E-state index < -0.39 is 0 Å². The topological polar surface area (TPSA) is 68.2 Å². The lowest BCUT2D eigenvalue weighted by atomic mass is 10.1. The van der Waals surface area contributed by atoms with Crippen molar-refractivity contribution >= 4 is 45.5 Å². The number of rotatable bonds is 4. The molecule has 0 saturated carbocycles. The fourth-order valence-corrected chi connectivity index (χ4v) is 4.22. The van der Waals surface area contributed by atoms with E-state index in [0.29, 0.717) is 16.5 Å². The number of nitrogens with one attached hydrogen (secondary N) is 2. The number of anilines is 2. The van der Waals surface area contributed by atoms with Crippen molar-refractivity contribution in [2.75, 3.05) is 17.7 Å². The van der Waals surface area contributed by atoms with Gasteiger partial charge in [-0.25, -0.2) is 4.79 Å². The zero-order chi connectivity index (χ0) is 16.4. The molecular weight excluding hydrogens is 332 g/mol. The minimum Gasteiger partial charge on any atom is -0.465 e. The van der Waals surface area contributed by atoms with Crippen LogP contribution in [0.1, 0.15) is 34.1 Å². The van der Waals surface area contributed by atoms with Gasteiger partial charge in [0, 0.05) is 23.7 Å². The molecule has 3 rings (SSSR count). The number of ether oxygens (including phenoxy) is 1. The van der Waals surface area contributed by atoms with Crippen molar-refractivity contribution in [3.8, 4) is 0 Å². The molecule has 1 aliphatic rings. The van der Waals surface area contributed by atoms with E-state index in [9.17, 15) is 4.79 Å². The number of aromatic nitrogens is 2. The Morgan fingerprint density at radius 1 is 1.48 bits per heavy atom. The van der Waals surface area contributed by atoms with Gasteiger partial charge in [-0.2, -0.15) is 5.10 Å². The zero-order valence-corrected chi connectivity index (χ0v) is 14.6. The SMILES string of the molecule is CCn1ccc(NC(=S)Nc2sc3c(c2C(=O)OC)CCC3)n1. The van der Waals surface area contributed by atoms with Crippen molar-refractivity contribution in [3.63, 3.8) is 0 Å². The number of methoxy groups -OCH3 is 1. The number of esters is 1. The van der Waals surface area contributed by atoms with E-state index in [0.717, 1.165) is 36.4 Å². The summed E-state index contributed by atoms with van der Waals surface area (Å²) in [5.74, 6) is 0.359. The summed E-state index contributed by atoms with van der Waals surface area (Å²) in [6.45, 7) is 2.81. The highest BCUT2D eigenvalue weighted by Crippen LogP contribution is 2.39. The van der Waals surface area contributed by atoms with E-state index in [1.807, 2.05) is 23.9 Å². The van der Waals surface area contributed by atoms with E-state index in [1.54, 1.807) is 11.3 Å². The second-order valence-corrected chi connectivity index (χ2v) is 6.70. The third-order valence-electron chi connectivity index (χ3n) is 3.74. The maximum absolute atomic E-state index is 12.1. The summed E-state index contributed by atoms with van der Waals surface area (Å²) < 4.78 is 6.74. The van der Waals surface area contributed by atoms with Crippen LogP contribution in [0, 0.1) is 0 Å². The first-order valence-corrected chi connectivity index (χ1v) is 8.69. The second-order valence-electron chi connectivity index (χ2n) is 5.19. The zero-order valence-electron chi connectivity index (χ0n) is 13.0. The Morgan fingerprint density at radius 3 is 3.00 bits per heavy atom. The molecule has 0 amide bonds. The molecule has 0 unspecified atom stereocenters. The van der Waals surface area contributed by atoms with Crippen LogP contribution in [0.25, 0.3) is 0 Å². The van der Waals surface area contributed by atoms with Crippen molar-refractivity contribution < 1.29 is 9.53 Å². The summed E-state index contributed by atoms with van der Waals surface area (Å²) in [5.41, 5.74) is 1.72. The van der Waals surface area contributed by atoms with Gasteiger partial charge >= 0.3 is 5.97 Å². The number of thiophene rings is 1. The van der Waals surface area contributed by atoms with Crippen molar-refractivity contribution in [1.29, 1.82) is 0 Å². The van der Waals surface area contributed by atoms with Crippen LogP contribution in [0.4, 0.5) is 10.8 Å². The van der Waals surface area contributed by atoms with Crippen LogP contribution in [0.15, 0.2) is 12.3 Å². The maximum Gasteiger partial charge on any atom is 0.341 e. The minimum atomic E-state index is -0.315. The van der Waals surface area contributed by atoms with Crippen LogP contribution < -0.4 is 10.6 Å². The third kappa shape index (κ3) is 3.23. The number of nitrogens with zero attached hydrogens (tertiary/aromatic N) is 2. The highest BCUT2D eigenvalue weighted by atomic mass is 32.1. The number of carbonyl (C=O) groups is 1. The summed E-state index contributed by atoms with van der Waals surface area (Å²) in [6.07, 6.45) is 4.89. The first-order valence-electron chi connectivity index (χ1n) is 7.46. The van der Waals surface area contributed by atoms with Crippen LogP contribution in [-0.4, -0.2) is 28.0 Å². The molecule has 0 spiro atoms. The van der Waals surface area contributed by atoms with Crippen LogP contribution in [0.5, 0.6) is 0 Å². The molecule has 0 bridgehead atoms. The fourth-order valence-electron chi connectivity index (χ4n) is 2.67. The average molecular weight is 350 g/mol. The Balaban J connectivity index is 1.77. The lowest BCUT2D eigenvalue weighted by Gasteiger charge is -2.09. The Kier molecular flexibility index (Phi) is 4.63. The summed E-state index contributed by atoms with van der Waals surface area (Å²) in [5, 5.41) is 11.6. The van der Waals surface area contributed by atoms with Gasteiger partial charge in [0.05, 0.1) is 12.7 Å². The van der Waals surface area contributed by atoms with E-state index in [2.05, 4.69) is 15.7 Å². The predicted molar refractivity (Wildman–Crippen MR) is 95.4 cm³/mol. The lowest BCUT2D eigenvalue weighted by molar-refractivity contribution is 0.0601. The molecule has 6 nitrogen and oxygen atoms in total. The molecule has 0 radical (unpaired) electrons. The standard InChI is InChI=1S/C15H18N4O2S2/c1-3-19-8-7-11(18-19)16-15(22)17-13-12(14(20)21-2)9-5-4-6-10(9)23-13/h7-8H,3-6H2,1-2H3,(H2,16,17,18,22). The van der Waals surface area contributed by atoms with E-state index in [1.165, 1.54) is 12.0 Å². The number of hydrogen-bond donors (Lipinski definition) is 2. The Hall–Kier alpha value is -1.93. The van der Waals surface area contributed by atoms with Gasteiger partial charge < -0.3 is 15.4 Å². The molecule has 23 heavy (non-hydrogen) atoms. The molecule has 122 valence electrons. The second kappa shape index (κ2) is 6.67. The summed E-state index contributed by atoms with van der Waals surface area (Å²) in [6, 6.07) is 1.85. The van der Waals surface area contributed by atoms with Gasteiger partial charge in [0.1, 0.15) is 5.00 Å². The van der Waals surface area contributed by atoms with Gasteiger partial charge in [0.2, 0.25) is 0 Å². The quantitative estimate of drug-likeness (QED) is 0.652. The van der Waals surface area contributed by atoms with Crippen LogP contribution in [0.2, 0.25) is 0 Å². The smallest absolute Gasteiger partial charge is 0.341 e. The van der Waals surface area contributed by atoms with Gasteiger partial charge in [0.15, 0.2) is 10.9 Å². The molecule has 2 aromatic heterocycles. The van der Waals surface area contributed by atoms with Gasteiger partial charge in [-0.05, 0) is 44.0 Å². The van der Waals surface area contributed by atoms with Crippen molar-refractivity contribution in [1.82, 2.24) is 9.78 Å². The number of fused-ring (bicyclic) bond motifs is 1. The Bertz CT molecular complexity index is 751. The maximum atomic E-state index is 12.1. The van der Waals surface area contributed by atoms with Gasteiger partial charge in [-0.15, -0.1) is 11.3 Å². The van der Waals surface area contributed by atoms with Gasteiger partial charge in [-0.1, -0.05) is 0 Å². The third-order valence-corrected chi connectivity index (χ3v) is 5.16. The predicted octanol–water partition coefficient (Wildman–Crippen LogP) is 3.05. The molecule has 8 heteroatoms. The van der Waals surface area contributed by atoms with E-state index in [-0.39, 0.29) is 5.97 Å². The van der Waals surface area contributed by atoms with Crippen molar-refractivity contribution in [2.45, 2.75) is 32.7 Å². The Labute approximate surface area is 143 Å². The molecule has 0 aromatic carbocycles. The first-order chi connectivity index (χ1) is 11.1. The number of hydrogen-bond acceptors (Lipinski definition) is 5. The molecule has 1 aliphatic carbocycles. The summed E-state index contributed by atoms with van der Waals surface area (Å²) >= 11 is 6.91. The number of carbonyl (C=O) groups excluding carboxylic acids is 1. The molecule has 2 heterocycles. The molecule has 0 fully saturated rings. The molecule has 0 saturated heterocycles. The van der Waals surface area contributed by atoms with Gasteiger partial charge in [0.25, 0.3) is 0 Å². The lowest BCUT2D eigenvalue weighted by Crippen LogP contribution is -2.20.